The molecule has 0 atom stereocenters. The lowest BCUT2D eigenvalue weighted by Gasteiger charge is -2.10. The number of phenolic OH excluding ortho intramolecular Hbond substituents is 1. The molecule has 0 radical (unpaired) electrons. The van der Waals surface area contributed by atoms with Gasteiger partial charge in [0.1, 0.15) is 5.75 Å². The van der Waals surface area contributed by atoms with Gasteiger partial charge in [-0.15, -0.1) is 0 Å². The maximum Gasteiger partial charge on any atom is 0.271 e. The van der Waals surface area contributed by atoms with E-state index in [1.165, 1.54) is 48.7 Å². The highest BCUT2D eigenvalue weighted by Crippen LogP contribution is 2.32. The van der Waals surface area contributed by atoms with Crippen LogP contribution in [0.25, 0.3) is 0 Å². The molecule has 3 aromatic rings. The van der Waals surface area contributed by atoms with Crippen molar-refractivity contribution in [2.24, 2.45) is 5.10 Å². The van der Waals surface area contributed by atoms with E-state index >= 15 is 0 Å². The van der Waals surface area contributed by atoms with E-state index in [1.807, 2.05) is 0 Å². The van der Waals surface area contributed by atoms with Crippen molar-refractivity contribution in [3.8, 4) is 5.75 Å². The second-order valence-corrected chi connectivity index (χ2v) is 10.5. The quantitative estimate of drug-likeness (QED) is 0.239. The van der Waals surface area contributed by atoms with Gasteiger partial charge in [-0.25, -0.2) is 13.8 Å². The summed E-state index contributed by atoms with van der Waals surface area (Å²) in [5, 5.41) is 14.0. The number of hydrazone groups is 1. The summed E-state index contributed by atoms with van der Waals surface area (Å²) in [6, 6.07) is 13.1. The van der Waals surface area contributed by atoms with Gasteiger partial charge < -0.3 is 5.11 Å². The molecular weight excluding hydrogens is 609 g/mol. The van der Waals surface area contributed by atoms with Gasteiger partial charge in [0.25, 0.3) is 15.9 Å². The lowest BCUT2D eigenvalue weighted by molar-refractivity contribution is 0.0955. The molecule has 0 unspecified atom stereocenters. The Bertz CT molecular complexity index is 1310. The van der Waals surface area contributed by atoms with Gasteiger partial charge in [0.2, 0.25) is 0 Å². The Hall–Kier alpha value is -2.11. The average Bonchev–Trinajstić information content (AvgIpc) is 2.73. The lowest BCUT2D eigenvalue weighted by Crippen LogP contribution is -2.18. The molecule has 7 nitrogen and oxygen atoms in total. The molecule has 3 rings (SSSR count). The Morgan fingerprint density at radius 2 is 1.69 bits per heavy atom. The van der Waals surface area contributed by atoms with Gasteiger partial charge in [0, 0.05) is 11.3 Å². The number of sulfonamides is 1. The van der Waals surface area contributed by atoms with Crippen molar-refractivity contribution in [3.63, 3.8) is 0 Å². The SMILES string of the molecule is O=C(NN=Cc1cc(Br)c(O)c(Br)c1)c1cccc(NS(=O)(=O)c2ccc(Cl)c(Cl)c2)c1. The molecule has 0 spiro atoms. The maximum absolute atomic E-state index is 12.6. The number of nitrogens with zero attached hydrogens (tertiary/aromatic N) is 1. The number of amides is 1. The first-order chi connectivity index (χ1) is 15.1. The fourth-order valence-electron chi connectivity index (χ4n) is 2.47. The zero-order chi connectivity index (χ0) is 23.5. The summed E-state index contributed by atoms with van der Waals surface area (Å²) in [5.41, 5.74) is 3.34. The molecule has 1 amide bonds. The fraction of sp³-hybridized carbons (Fsp3) is 0. The van der Waals surface area contributed by atoms with Crippen molar-refractivity contribution in [1.82, 2.24) is 5.43 Å². The third kappa shape index (κ3) is 6.02. The van der Waals surface area contributed by atoms with Crippen LogP contribution in [0.5, 0.6) is 5.75 Å². The average molecular weight is 622 g/mol. The van der Waals surface area contributed by atoms with E-state index in [0.717, 1.165) is 0 Å². The number of benzene rings is 3. The minimum absolute atomic E-state index is 0.0475. The summed E-state index contributed by atoms with van der Waals surface area (Å²) in [4.78, 5) is 12.3. The number of hydrogen-bond donors (Lipinski definition) is 3. The van der Waals surface area contributed by atoms with Crippen LogP contribution in [-0.4, -0.2) is 25.6 Å². The van der Waals surface area contributed by atoms with Crippen LogP contribution in [0.15, 0.2) is 73.5 Å². The molecule has 32 heavy (non-hydrogen) atoms. The topological polar surface area (TPSA) is 108 Å². The summed E-state index contributed by atoms with van der Waals surface area (Å²) in [6.45, 7) is 0. The second kappa shape index (κ2) is 10.2. The van der Waals surface area contributed by atoms with Crippen LogP contribution in [0.2, 0.25) is 10.0 Å². The second-order valence-electron chi connectivity index (χ2n) is 6.29. The van der Waals surface area contributed by atoms with Crippen LogP contribution in [-0.2, 0) is 10.0 Å². The summed E-state index contributed by atoms with van der Waals surface area (Å²) in [6.07, 6.45) is 1.39. The molecule has 3 N–H and O–H groups in total. The molecule has 0 heterocycles. The number of carbonyl (C=O) groups is 1. The van der Waals surface area contributed by atoms with Gasteiger partial charge in [-0.05, 0) is 86.0 Å². The van der Waals surface area contributed by atoms with E-state index in [-0.39, 0.29) is 31.9 Å². The molecule has 0 bridgehead atoms. The van der Waals surface area contributed by atoms with Crippen molar-refractivity contribution in [2.45, 2.75) is 4.90 Å². The number of hydrogen-bond acceptors (Lipinski definition) is 5. The molecule has 0 aliphatic heterocycles. The normalized spacial score (nSPS) is 11.5. The Kier molecular flexibility index (Phi) is 7.84. The zero-order valence-corrected chi connectivity index (χ0v) is 21.3. The molecule has 0 aliphatic rings. The number of anilines is 1. The maximum atomic E-state index is 12.6. The van der Waals surface area contributed by atoms with Crippen LogP contribution < -0.4 is 10.1 Å². The third-order valence-electron chi connectivity index (χ3n) is 4.00. The van der Waals surface area contributed by atoms with Crippen molar-refractivity contribution in [3.05, 3.63) is 84.7 Å². The summed E-state index contributed by atoms with van der Waals surface area (Å²) >= 11 is 18.2. The van der Waals surface area contributed by atoms with E-state index < -0.39 is 15.9 Å². The number of aromatic hydroxyl groups is 1. The number of nitrogens with one attached hydrogen (secondary N) is 2. The highest BCUT2D eigenvalue weighted by Gasteiger charge is 2.16. The molecule has 12 heteroatoms. The van der Waals surface area contributed by atoms with E-state index in [0.29, 0.717) is 14.5 Å². The van der Waals surface area contributed by atoms with Crippen molar-refractivity contribution >= 4 is 82.9 Å². The first-order valence-corrected chi connectivity index (χ1v) is 12.5. The van der Waals surface area contributed by atoms with Gasteiger partial charge in [-0.2, -0.15) is 5.10 Å². The highest BCUT2D eigenvalue weighted by atomic mass is 79.9. The van der Waals surface area contributed by atoms with Gasteiger partial charge >= 0.3 is 0 Å². The smallest absolute Gasteiger partial charge is 0.271 e. The zero-order valence-electron chi connectivity index (χ0n) is 15.8. The van der Waals surface area contributed by atoms with Crippen LogP contribution in [0.4, 0.5) is 5.69 Å². The van der Waals surface area contributed by atoms with Crippen molar-refractivity contribution in [2.75, 3.05) is 4.72 Å². The Morgan fingerprint density at radius 3 is 2.34 bits per heavy atom. The minimum Gasteiger partial charge on any atom is -0.506 e. The Balaban J connectivity index is 1.72. The molecule has 166 valence electrons. The summed E-state index contributed by atoms with van der Waals surface area (Å²) in [7, 11) is -3.94. The Morgan fingerprint density at radius 1 is 1.00 bits per heavy atom. The predicted molar refractivity (Wildman–Crippen MR) is 132 cm³/mol. The standard InChI is InChI=1S/C20H13Br2Cl2N3O4S/c21-15-6-11(7-16(22)19(15)28)10-25-26-20(29)12-2-1-3-13(8-12)27-32(30,31)14-4-5-17(23)18(24)9-14/h1-10,27-28H,(H,26,29). The number of phenols is 1. The molecule has 0 saturated heterocycles. The monoisotopic (exact) mass is 619 g/mol. The summed E-state index contributed by atoms with van der Waals surface area (Å²) < 4.78 is 28.5. The first kappa shape index (κ1) is 24.5. The van der Waals surface area contributed by atoms with Crippen molar-refractivity contribution < 1.29 is 18.3 Å². The van der Waals surface area contributed by atoms with Crippen LogP contribution in [0.3, 0.4) is 0 Å². The molecule has 0 aromatic heterocycles. The molecule has 0 fully saturated rings. The van der Waals surface area contributed by atoms with E-state index in [1.54, 1.807) is 12.1 Å². The predicted octanol–water partition coefficient (Wildman–Crippen LogP) is 5.79. The highest BCUT2D eigenvalue weighted by molar-refractivity contribution is 9.11. The van der Waals surface area contributed by atoms with Crippen LogP contribution in [0, 0.1) is 0 Å². The van der Waals surface area contributed by atoms with Crippen LogP contribution in [0.1, 0.15) is 15.9 Å². The van der Waals surface area contributed by atoms with Gasteiger partial charge in [-0.1, -0.05) is 29.3 Å². The Labute approximate surface area is 210 Å². The van der Waals surface area contributed by atoms with Gasteiger partial charge in [0.05, 0.1) is 30.1 Å². The van der Waals surface area contributed by atoms with E-state index in [4.69, 9.17) is 23.2 Å². The third-order valence-corrected chi connectivity index (χ3v) is 7.32. The minimum atomic E-state index is -3.94. The lowest BCUT2D eigenvalue weighted by atomic mass is 10.2. The molecule has 0 saturated carbocycles. The summed E-state index contributed by atoms with van der Waals surface area (Å²) in [5.74, 6) is -0.500. The van der Waals surface area contributed by atoms with Gasteiger partial charge in [-0.3, -0.25) is 9.52 Å². The van der Waals surface area contributed by atoms with Crippen molar-refractivity contribution in [1.29, 1.82) is 0 Å². The first-order valence-electron chi connectivity index (χ1n) is 8.66. The van der Waals surface area contributed by atoms with Crippen LogP contribution >= 0.6 is 55.1 Å². The van der Waals surface area contributed by atoms with E-state index in [2.05, 4.69) is 47.1 Å². The number of rotatable bonds is 6. The largest absolute Gasteiger partial charge is 0.506 e. The molecule has 0 aliphatic carbocycles. The number of halogens is 4. The number of carbonyl (C=O) groups excluding carboxylic acids is 1. The fourth-order valence-corrected chi connectivity index (χ4v) is 5.13. The van der Waals surface area contributed by atoms with Gasteiger partial charge in [0.15, 0.2) is 0 Å². The van der Waals surface area contributed by atoms with E-state index in [9.17, 15) is 18.3 Å². The molecule has 3 aromatic carbocycles. The molecular formula is C20H13Br2Cl2N3O4S.